The molecule has 1 rings (SSSR count). The minimum Gasteiger partial charge on any atom is -0.477 e. The number of likely N-dealkylation sites (N-methyl/N-ethyl adjacent to an activating group) is 1. The molecule has 0 spiro atoms. The van der Waals surface area contributed by atoms with Crippen LogP contribution in [-0.2, 0) is 0 Å². The third-order valence-electron chi connectivity index (χ3n) is 1.55. The second-order valence-electron chi connectivity index (χ2n) is 3.13. The van der Waals surface area contributed by atoms with Crippen LogP contribution in [0, 0.1) is 0 Å². The fourth-order valence-corrected chi connectivity index (χ4v) is 1.74. The van der Waals surface area contributed by atoms with Crippen molar-refractivity contribution in [3.05, 3.63) is 21.9 Å². The number of rotatable bonds is 4. The maximum Gasteiger partial charge on any atom is 0.345 e. The first-order valence-electron chi connectivity index (χ1n) is 4.01. The second kappa shape index (κ2) is 4.34. The molecule has 0 atom stereocenters. The Morgan fingerprint density at radius 1 is 1.36 bits per heavy atom. The number of hydrogen-bond acceptors (Lipinski definition) is 4. The topological polar surface area (TPSA) is 57.6 Å². The number of carbonyl (C=O) groups excluding carboxylic acids is 1. The molecule has 1 aromatic heterocycles. The fraction of sp³-hybridized carbons (Fsp3) is 0.333. The third-order valence-corrected chi connectivity index (χ3v) is 2.67. The first-order valence-corrected chi connectivity index (χ1v) is 4.83. The lowest BCUT2D eigenvalue weighted by Crippen LogP contribution is -2.20. The summed E-state index contributed by atoms with van der Waals surface area (Å²) in [5.74, 6) is -1.04. The highest BCUT2D eigenvalue weighted by Crippen LogP contribution is 2.16. The summed E-state index contributed by atoms with van der Waals surface area (Å²) in [4.78, 5) is 24.5. The number of Topliss-reactive ketones (excluding diaryl/α,β-unsaturated/α-hetero) is 1. The van der Waals surface area contributed by atoms with Crippen LogP contribution in [0.3, 0.4) is 0 Å². The van der Waals surface area contributed by atoms with Crippen LogP contribution in [0.5, 0.6) is 0 Å². The van der Waals surface area contributed by atoms with E-state index in [4.69, 9.17) is 5.11 Å². The standard InChI is InChI=1S/C9H11NO3S/c1-10(2)5-6(11)7-3-4-8(14-7)9(12)13/h3-4H,5H2,1-2H3,(H,12,13). The SMILES string of the molecule is CN(C)CC(=O)c1ccc(C(=O)O)s1. The van der Waals surface area contributed by atoms with Gasteiger partial charge in [0, 0.05) is 0 Å². The molecule has 0 saturated carbocycles. The lowest BCUT2D eigenvalue weighted by molar-refractivity contribution is 0.0702. The van der Waals surface area contributed by atoms with E-state index in [-0.39, 0.29) is 10.7 Å². The van der Waals surface area contributed by atoms with Crippen LogP contribution in [0.1, 0.15) is 19.3 Å². The zero-order chi connectivity index (χ0) is 10.7. The number of carboxylic acids is 1. The molecular formula is C9H11NO3S. The Labute approximate surface area is 85.8 Å². The lowest BCUT2D eigenvalue weighted by Gasteiger charge is -2.05. The molecule has 0 fully saturated rings. The summed E-state index contributed by atoms with van der Waals surface area (Å²) in [5.41, 5.74) is 0. The van der Waals surface area contributed by atoms with Gasteiger partial charge in [0.1, 0.15) is 4.88 Å². The average Bonchev–Trinajstić information content (AvgIpc) is 2.50. The maximum absolute atomic E-state index is 11.5. The molecule has 1 heterocycles. The van der Waals surface area contributed by atoms with Gasteiger partial charge in [-0.1, -0.05) is 0 Å². The van der Waals surface area contributed by atoms with Crippen LogP contribution in [0.15, 0.2) is 12.1 Å². The lowest BCUT2D eigenvalue weighted by atomic mass is 10.3. The molecule has 0 aliphatic rings. The summed E-state index contributed by atoms with van der Waals surface area (Å²) < 4.78 is 0. The number of aromatic carboxylic acids is 1. The van der Waals surface area contributed by atoms with Crippen LogP contribution in [0.2, 0.25) is 0 Å². The van der Waals surface area contributed by atoms with Crippen molar-refractivity contribution in [1.29, 1.82) is 0 Å². The van der Waals surface area contributed by atoms with Crippen molar-refractivity contribution in [2.45, 2.75) is 0 Å². The fourth-order valence-electron chi connectivity index (χ4n) is 0.968. The molecule has 0 unspecified atom stereocenters. The minimum atomic E-state index is -0.987. The third kappa shape index (κ3) is 2.65. The van der Waals surface area contributed by atoms with Crippen molar-refractivity contribution in [3.8, 4) is 0 Å². The molecule has 0 aliphatic heterocycles. The van der Waals surface area contributed by atoms with E-state index in [9.17, 15) is 9.59 Å². The molecule has 0 amide bonds. The zero-order valence-electron chi connectivity index (χ0n) is 7.98. The van der Waals surface area contributed by atoms with Crippen LogP contribution in [0.25, 0.3) is 0 Å². The van der Waals surface area contributed by atoms with Gasteiger partial charge in [0.2, 0.25) is 0 Å². The van der Waals surface area contributed by atoms with Crippen molar-refractivity contribution >= 4 is 23.1 Å². The van der Waals surface area contributed by atoms with Gasteiger partial charge in [-0.2, -0.15) is 0 Å². The molecule has 0 aromatic carbocycles. The first kappa shape index (κ1) is 10.9. The van der Waals surface area contributed by atoms with E-state index >= 15 is 0 Å². The number of carboxylic acid groups (broad SMARTS) is 1. The molecule has 0 bridgehead atoms. The van der Waals surface area contributed by atoms with E-state index in [0.29, 0.717) is 11.4 Å². The van der Waals surface area contributed by atoms with E-state index in [1.165, 1.54) is 6.07 Å². The largest absolute Gasteiger partial charge is 0.477 e. The van der Waals surface area contributed by atoms with Gasteiger partial charge in [-0.25, -0.2) is 4.79 Å². The van der Waals surface area contributed by atoms with E-state index in [1.807, 2.05) is 0 Å². The average molecular weight is 213 g/mol. The first-order chi connectivity index (χ1) is 6.50. The van der Waals surface area contributed by atoms with Gasteiger partial charge >= 0.3 is 5.97 Å². The van der Waals surface area contributed by atoms with Gasteiger partial charge in [0.15, 0.2) is 5.78 Å². The normalized spacial score (nSPS) is 10.5. The summed E-state index contributed by atoms with van der Waals surface area (Å²) in [6.07, 6.45) is 0. The zero-order valence-corrected chi connectivity index (χ0v) is 8.80. The Morgan fingerprint density at radius 3 is 2.36 bits per heavy atom. The Bertz CT molecular complexity index is 357. The Hall–Kier alpha value is -1.20. The second-order valence-corrected chi connectivity index (χ2v) is 4.21. The van der Waals surface area contributed by atoms with Gasteiger partial charge in [-0.05, 0) is 26.2 Å². The predicted molar refractivity (Wildman–Crippen MR) is 54.2 cm³/mol. The van der Waals surface area contributed by atoms with Crippen molar-refractivity contribution in [2.24, 2.45) is 0 Å². The number of thiophene rings is 1. The molecule has 1 N–H and O–H groups in total. The smallest absolute Gasteiger partial charge is 0.345 e. The van der Waals surface area contributed by atoms with E-state index in [0.717, 1.165) is 11.3 Å². The summed E-state index contributed by atoms with van der Waals surface area (Å²) >= 11 is 1.02. The van der Waals surface area contributed by atoms with Crippen molar-refractivity contribution < 1.29 is 14.7 Å². The molecule has 14 heavy (non-hydrogen) atoms. The molecule has 5 heteroatoms. The summed E-state index contributed by atoms with van der Waals surface area (Å²) in [5, 5.41) is 8.65. The van der Waals surface area contributed by atoms with Crippen LogP contribution in [-0.4, -0.2) is 42.4 Å². The Morgan fingerprint density at radius 2 is 1.93 bits per heavy atom. The molecule has 0 aliphatic carbocycles. The van der Waals surface area contributed by atoms with Gasteiger partial charge in [0.25, 0.3) is 0 Å². The Balaban J connectivity index is 2.76. The van der Waals surface area contributed by atoms with Crippen LogP contribution in [0.4, 0.5) is 0 Å². The van der Waals surface area contributed by atoms with Crippen molar-refractivity contribution in [3.63, 3.8) is 0 Å². The van der Waals surface area contributed by atoms with Gasteiger partial charge in [-0.3, -0.25) is 4.79 Å². The summed E-state index contributed by atoms with van der Waals surface area (Å²) in [6.45, 7) is 0.305. The maximum atomic E-state index is 11.5. The number of carbonyl (C=O) groups is 2. The van der Waals surface area contributed by atoms with Gasteiger partial charge < -0.3 is 10.0 Å². The molecule has 0 saturated heterocycles. The van der Waals surface area contributed by atoms with Crippen molar-refractivity contribution in [2.75, 3.05) is 20.6 Å². The quantitative estimate of drug-likeness (QED) is 0.763. The number of nitrogens with zero attached hydrogens (tertiary/aromatic N) is 1. The van der Waals surface area contributed by atoms with Crippen molar-refractivity contribution in [1.82, 2.24) is 4.90 Å². The van der Waals surface area contributed by atoms with Gasteiger partial charge in [0.05, 0.1) is 11.4 Å². The molecule has 4 nitrogen and oxygen atoms in total. The molecule has 76 valence electrons. The summed E-state index contributed by atoms with van der Waals surface area (Å²) in [6, 6.07) is 3.01. The highest BCUT2D eigenvalue weighted by molar-refractivity contribution is 7.15. The predicted octanol–water partition coefficient (Wildman–Crippen LogP) is 1.19. The van der Waals surface area contributed by atoms with E-state index in [1.54, 1.807) is 25.1 Å². The highest BCUT2D eigenvalue weighted by atomic mass is 32.1. The van der Waals surface area contributed by atoms with E-state index in [2.05, 4.69) is 0 Å². The summed E-state index contributed by atoms with van der Waals surface area (Å²) in [7, 11) is 3.59. The minimum absolute atomic E-state index is 0.0486. The number of hydrogen-bond donors (Lipinski definition) is 1. The van der Waals surface area contributed by atoms with E-state index < -0.39 is 5.97 Å². The molecule has 1 aromatic rings. The van der Waals surface area contributed by atoms with Crippen LogP contribution < -0.4 is 0 Å². The monoisotopic (exact) mass is 213 g/mol. The number of ketones is 1. The Kier molecular flexibility index (Phi) is 3.38. The molecular weight excluding hydrogens is 202 g/mol. The highest BCUT2D eigenvalue weighted by Gasteiger charge is 2.12. The molecule has 0 radical (unpaired) electrons. The van der Waals surface area contributed by atoms with Gasteiger partial charge in [-0.15, -0.1) is 11.3 Å². The van der Waals surface area contributed by atoms with Crippen LogP contribution >= 0.6 is 11.3 Å².